The summed E-state index contributed by atoms with van der Waals surface area (Å²) in [6.45, 7) is 1.87. The number of allylic oxidation sites excluding steroid dienone is 1. The van der Waals surface area contributed by atoms with Crippen molar-refractivity contribution in [3.63, 3.8) is 0 Å². The van der Waals surface area contributed by atoms with Crippen LogP contribution in [0, 0.1) is 0 Å². The molecule has 1 rings (SSSR count). The summed E-state index contributed by atoms with van der Waals surface area (Å²) in [5.41, 5.74) is 1.05. The normalized spacial score (nSPS) is 10.3. The highest BCUT2D eigenvalue weighted by Gasteiger charge is 2.05. The minimum Gasteiger partial charge on any atom is -0.465 e. The van der Waals surface area contributed by atoms with Crippen LogP contribution in [-0.2, 0) is 4.74 Å². The van der Waals surface area contributed by atoms with Crippen LogP contribution in [-0.4, -0.2) is 23.3 Å². The molecule has 0 bridgehead atoms. The van der Waals surface area contributed by atoms with Crippen LogP contribution in [0.4, 0.5) is 0 Å². The lowest BCUT2D eigenvalue weighted by Crippen LogP contribution is -2.03. The van der Waals surface area contributed by atoms with Crippen LogP contribution < -0.4 is 0 Å². The van der Waals surface area contributed by atoms with Crippen LogP contribution in [0.2, 0.25) is 0 Å². The molecular formula is C9H10N2O2. The smallest absolute Gasteiger partial charge is 0.339 e. The van der Waals surface area contributed by atoms with Gasteiger partial charge in [-0.2, -0.15) is 10.2 Å². The van der Waals surface area contributed by atoms with Crippen LogP contribution in [0.25, 0.3) is 6.08 Å². The fourth-order valence-electron chi connectivity index (χ4n) is 0.865. The zero-order valence-electron chi connectivity index (χ0n) is 7.52. The summed E-state index contributed by atoms with van der Waals surface area (Å²) in [6, 6.07) is 1.62. The number of ether oxygens (including phenoxy) is 1. The number of hydrogen-bond donors (Lipinski definition) is 0. The summed E-state index contributed by atoms with van der Waals surface area (Å²) in [4.78, 5) is 11.1. The van der Waals surface area contributed by atoms with Gasteiger partial charge in [0.15, 0.2) is 0 Å². The van der Waals surface area contributed by atoms with E-state index in [-0.39, 0.29) is 0 Å². The molecule has 0 saturated carbocycles. The number of methoxy groups -OCH3 is 1. The van der Waals surface area contributed by atoms with Gasteiger partial charge >= 0.3 is 5.97 Å². The van der Waals surface area contributed by atoms with Crippen molar-refractivity contribution in [2.24, 2.45) is 0 Å². The molecule has 0 spiro atoms. The second kappa shape index (κ2) is 4.35. The van der Waals surface area contributed by atoms with Crippen LogP contribution >= 0.6 is 0 Å². The monoisotopic (exact) mass is 178 g/mol. The van der Waals surface area contributed by atoms with E-state index in [0.717, 1.165) is 0 Å². The van der Waals surface area contributed by atoms with E-state index < -0.39 is 5.97 Å². The standard InChI is InChI=1S/C9H10N2O2/c1-3-4-8-5-7(6-10-11-8)9(12)13-2/h3-6H,1-2H3/b4-3+. The lowest BCUT2D eigenvalue weighted by Gasteiger charge is -1.97. The van der Waals surface area contributed by atoms with Gasteiger partial charge in [-0.15, -0.1) is 0 Å². The zero-order valence-corrected chi connectivity index (χ0v) is 7.52. The predicted octanol–water partition coefficient (Wildman–Crippen LogP) is 1.30. The highest BCUT2D eigenvalue weighted by atomic mass is 16.5. The average molecular weight is 178 g/mol. The SMILES string of the molecule is C/C=C/c1cc(C(=O)OC)cnn1. The highest BCUT2D eigenvalue weighted by Crippen LogP contribution is 2.02. The quantitative estimate of drug-likeness (QED) is 0.640. The van der Waals surface area contributed by atoms with Gasteiger partial charge in [0.1, 0.15) is 0 Å². The van der Waals surface area contributed by atoms with Crippen molar-refractivity contribution in [2.75, 3.05) is 7.11 Å². The van der Waals surface area contributed by atoms with E-state index in [9.17, 15) is 4.79 Å². The van der Waals surface area contributed by atoms with Gasteiger partial charge in [-0.1, -0.05) is 6.08 Å². The lowest BCUT2D eigenvalue weighted by molar-refractivity contribution is 0.0600. The molecule has 0 unspecified atom stereocenters. The molecule has 68 valence electrons. The molecule has 0 aliphatic heterocycles. The van der Waals surface area contributed by atoms with Crippen molar-refractivity contribution in [1.29, 1.82) is 0 Å². The summed E-state index contributed by atoms with van der Waals surface area (Å²) in [5, 5.41) is 7.47. The van der Waals surface area contributed by atoms with Crippen LogP contribution in [0.5, 0.6) is 0 Å². The Morgan fingerprint density at radius 3 is 3.00 bits per heavy atom. The fraction of sp³-hybridized carbons (Fsp3) is 0.222. The second-order valence-corrected chi connectivity index (χ2v) is 2.36. The topological polar surface area (TPSA) is 52.1 Å². The first-order valence-corrected chi connectivity index (χ1v) is 3.81. The Labute approximate surface area is 76.2 Å². The largest absolute Gasteiger partial charge is 0.465 e. The molecule has 1 aromatic rings. The van der Waals surface area contributed by atoms with Crippen molar-refractivity contribution in [3.05, 3.63) is 29.6 Å². The number of rotatable bonds is 2. The Morgan fingerprint density at radius 2 is 2.38 bits per heavy atom. The predicted molar refractivity (Wildman–Crippen MR) is 48.1 cm³/mol. The van der Waals surface area contributed by atoms with Gasteiger partial charge in [0.05, 0.1) is 24.6 Å². The highest BCUT2D eigenvalue weighted by molar-refractivity contribution is 5.89. The van der Waals surface area contributed by atoms with E-state index in [1.54, 1.807) is 12.1 Å². The van der Waals surface area contributed by atoms with E-state index in [2.05, 4.69) is 14.9 Å². The van der Waals surface area contributed by atoms with Crippen molar-refractivity contribution in [2.45, 2.75) is 6.92 Å². The minimum absolute atomic E-state index is 0.402. The van der Waals surface area contributed by atoms with Crippen molar-refractivity contribution >= 4 is 12.0 Å². The van der Waals surface area contributed by atoms with Gasteiger partial charge in [-0.3, -0.25) is 0 Å². The van der Waals surface area contributed by atoms with E-state index >= 15 is 0 Å². The van der Waals surface area contributed by atoms with Crippen molar-refractivity contribution in [3.8, 4) is 0 Å². The molecule has 1 aromatic heterocycles. The maximum absolute atomic E-state index is 11.1. The maximum atomic E-state index is 11.1. The Balaban J connectivity index is 2.98. The lowest BCUT2D eigenvalue weighted by atomic mass is 10.2. The van der Waals surface area contributed by atoms with Gasteiger partial charge in [-0.25, -0.2) is 4.79 Å². The number of aromatic nitrogens is 2. The first-order chi connectivity index (χ1) is 6.27. The van der Waals surface area contributed by atoms with E-state index in [1.165, 1.54) is 13.3 Å². The maximum Gasteiger partial charge on any atom is 0.339 e. The molecule has 0 radical (unpaired) electrons. The molecule has 4 nitrogen and oxygen atoms in total. The molecule has 0 atom stereocenters. The van der Waals surface area contributed by atoms with Gasteiger partial charge in [0, 0.05) is 0 Å². The summed E-state index contributed by atoms with van der Waals surface area (Å²) in [7, 11) is 1.33. The molecule has 0 N–H and O–H groups in total. The van der Waals surface area contributed by atoms with Crippen molar-refractivity contribution in [1.82, 2.24) is 10.2 Å². The summed E-state index contributed by atoms with van der Waals surface area (Å²) in [5.74, 6) is -0.402. The van der Waals surface area contributed by atoms with Crippen LogP contribution in [0.3, 0.4) is 0 Å². The molecule has 0 aliphatic carbocycles. The third kappa shape index (κ3) is 2.37. The van der Waals surface area contributed by atoms with Crippen LogP contribution in [0.1, 0.15) is 23.0 Å². The Kier molecular flexibility index (Phi) is 3.14. The molecule has 4 heteroatoms. The molecule has 1 heterocycles. The fourth-order valence-corrected chi connectivity index (χ4v) is 0.865. The van der Waals surface area contributed by atoms with E-state index in [4.69, 9.17) is 0 Å². The van der Waals surface area contributed by atoms with Crippen molar-refractivity contribution < 1.29 is 9.53 Å². The Morgan fingerprint density at radius 1 is 1.62 bits per heavy atom. The number of esters is 1. The molecule has 0 amide bonds. The molecule has 13 heavy (non-hydrogen) atoms. The van der Waals surface area contributed by atoms with Gasteiger partial charge < -0.3 is 4.74 Å². The number of carbonyl (C=O) groups excluding carboxylic acids is 1. The minimum atomic E-state index is -0.402. The Hall–Kier alpha value is -1.71. The second-order valence-electron chi connectivity index (χ2n) is 2.36. The Bertz CT molecular complexity index is 334. The number of nitrogens with zero attached hydrogens (tertiary/aromatic N) is 2. The van der Waals surface area contributed by atoms with Gasteiger partial charge in [0.25, 0.3) is 0 Å². The van der Waals surface area contributed by atoms with Gasteiger partial charge in [0.2, 0.25) is 0 Å². The summed E-state index contributed by atoms with van der Waals surface area (Å²) < 4.78 is 4.54. The number of hydrogen-bond acceptors (Lipinski definition) is 4. The third-order valence-corrected chi connectivity index (χ3v) is 1.43. The molecule has 0 aromatic carbocycles. The first kappa shape index (κ1) is 9.38. The van der Waals surface area contributed by atoms with Crippen LogP contribution in [0.15, 0.2) is 18.3 Å². The molecule has 0 fully saturated rings. The van der Waals surface area contributed by atoms with E-state index in [0.29, 0.717) is 11.3 Å². The van der Waals surface area contributed by atoms with E-state index in [1.807, 2.05) is 13.0 Å². The summed E-state index contributed by atoms with van der Waals surface area (Å²) >= 11 is 0. The molecule has 0 aliphatic rings. The molecule has 0 saturated heterocycles. The zero-order chi connectivity index (χ0) is 9.68. The van der Waals surface area contributed by atoms with Gasteiger partial charge in [-0.05, 0) is 19.1 Å². The average Bonchev–Trinajstić information content (AvgIpc) is 2.18. The number of carbonyl (C=O) groups is 1. The third-order valence-electron chi connectivity index (χ3n) is 1.43. The summed E-state index contributed by atoms with van der Waals surface area (Å²) in [6.07, 6.45) is 4.96. The molecular weight excluding hydrogens is 168 g/mol. The first-order valence-electron chi connectivity index (χ1n) is 3.81.